The Morgan fingerprint density at radius 1 is 1.17 bits per heavy atom. The van der Waals surface area contributed by atoms with Gasteiger partial charge in [-0.3, -0.25) is 0 Å². The molecular formula is C15H15FN2. The molecule has 2 nitrogen and oxygen atoms in total. The van der Waals surface area contributed by atoms with E-state index in [1.54, 1.807) is 12.1 Å². The van der Waals surface area contributed by atoms with Crippen molar-refractivity contribution in [2.45, 2.75) is 13.3 Å². The van der Waals surface area contributed by atoms with E-state index >= 15 is 0 Å². The Bertz CT molecular complexity index is 574. The third kappa shape index (κ3) is 2.74. The Balaban J connectivity index is 2.19. The summed E-state index contributed by atoms with van der Waals surface area (Å²) in [5.41, 5.74) is 9.68. The van der Waals surface area contributed by atoms with E-state index < -0.39 is 0 Å². The molecule has 2 aromatic carbocycles. The highest BCUT2D eigenvalue weighted by atomic mass is 19.1. The van der Waals surface area contributed by atoms with E-state index in [1.165, 1.54) is 12.1 Å². The number of nitrogens with one attached hydrogen (secondary N) is 1. The fraction of sp³-hybridized carbons (Fsp3) is 0.133. The quantitative estimate of drug-likeness (QED) is 0.629. The summed E-state index contributed by atoms with van der Waals surface area (Å²) >= 11 is 0. The van der Waals surface area contributed by atoms with Gasteiger partial charge in [-0.05, 0) is 36.2 Å². The van der Waals surface area contributed by atoms with Crippen molar-refractivity contribution in [2.75, 3.05) is 5.73 Å². The average molecular weight is 242 g/mol. The van der Waals surface area contributed by atoms with Crippen LogP contribution in [-0.2, 0) is 6.42 Å². The Morgan fingerprint density at radius 2 is 1.83 bits per heavy atom. The van der Waals surface area contributed by atoms with E-state index in [2.05, 4.69) is 0 Å². The van der Waals surface area contributed by atoms with E-state index in [-0.39, 0.29) is 5.82 Å². The molecule has 0 fully saturated rings. The van der Waals surface area contributed by atoms with Crippen molar-refractivity contribution in [3.05, 3.63) is 65.0 Å². The topological polar surface area (TPSA) is 49.9 Å². The van der Waals surface area contributed by atoms with E-state index in [9.17, 15) is 4.39 Å². The van der Waals surface area contributed by atoms with Crippen molar-refractivity contribution in [1.82, 2.24) is 0 Å². The maximum Gasteiger partial charge on any atom is 0.123 e. The molecule has 0 amide bonds. The highest BCUT2D eigenvalue weighted by Crippen LogP contribution is 2.16. The first-order valence-electron chi connectivity index (χ1n) is 5.74. The first kappa shape index (κ1) is 12.3. The lowest BCUT2D eigenvalue weighted by molar-refractivity contribution is 0.627. The monoisotopic (exact) mass is 242 g/mol. The first-order valence-corrected chi connectivity index (χ1v) is 5.74. The van der Waals surface area contributed by atoms with Gasteiger partial charge in [-0.15, -0.1) is 0 Å². The van der Waals surface area contributed by atoms with E-state index in [0.29, 0.717) is 17.8 Å². The molecule has 18 heavy (non-hydrogen) atoms. The predicted octanol–water partition coefficient (Wildman–Crippen LogP) is 3.33. The molecule has 0 aliphatic carbocycles. The van der Waals surface area contributed by atoms with Gasteiger partial charge in [0.25, 0.3) is 0 Å². The summed E-state index contributed by atoms with van der Waals surface area (Å²) in [6.07, 6.45) is 0.452. The number of hydrogen-bond donors (Lipinski definition) is 2. The molecule has 0 unspecified atom stereocenters. The molecule has 3 heteroatoms. The van der Waals surface area contributed by atoms with Crippen LogP contribution in [0.1, 0.15) is 16.7 Å². The fourth-order valence-corrected chi connectivity index (χ4v) is 1.86. The van der Waals surface area contributed by atoms with Crippen LogP contribution in [0.5, 0.6) is 0 Å². The molecule has 0 radical (unpaired) electrons. The zero-order valence-corrected chi connectivity index (χ0v) is 10.2. The second-order valence-corrected chi connectivity index (χ2v) is 4.37. The molecule has 0 aromatic heterocycles. The Labute approximate surface area is 106 Å². The number of benzene rings is 2. The van der Waals surface area contributed by atoms with E-state index in [4.69, 9.17) is 11.1 Å². The van der Waals surface area contributed by atoms with Crippen LogP contribution in [0.3, 0.4) is 0 Å². The number of aryl methyl sites for hydroxylation is 1. The van der Waals surface area contributed by atoms with Gasteiger partial charge in [0.05, 0.1) is 0 Å². The van der Waals surface area contributed by atoms with Gasteiger partial charge in [-0.2, -0.15) is 0 Å². The molecule has 0 spiro atoms. The van der Waals surface area contributed by atoms with Gasteiger partial charge in [0.15, 0.2) is 0 Å². The maximum atomic E-state index is 12.8. The number of anilines is 1. The first-order chi connectivity index (χ1) is 8.56. The van der Waals surface area contributed by atoms with Crippen LogP contribution in [0, 0.1) is 18.2 Å². The molecular weight excluding hydrogens is 227 g/mol. The van der Waals surface area contributed by atoms with Crippen LogP contribution in [-0.4, -0.2) is 5.71 Å². The predicted molar refractivity (Wildman–Crippen MR) is 72.5 cm³/mol. The molecule has 0 aliphatic heterocycles. The van der Waals surface area contributed by atoms with Crippen molar-refractivity contribution < 1.29 is 4.39 Å². The largest absolute Gasteiger partial charge is 0.398 e. The van der Waals surface area contributed by atoms with E-state index in [1.807, 2.05) is 25.1 Å². The van der Waals surface area contributed by atoms with Gasteiger partial charge >= 0.3 is 0 Å². The third-order valence-corrected chi connectivity index (χ3v) is 2.83. The lowest BCUT2D eigenvalue weighted by Gasteiger charge is -2.08. The van der Waals surface area contributed by atoms with Crippen molar-refractivity contribution in [2.24, 2.45) is 0 Å². The summed E-state index contributed by atoms with van der Waals surface area (Å²) < 4.78 is 12.8. The molecule has 3 N–H and O–H groups in total. The van der Waals surface area contributed by atoms with Crippen molar-refractivity contribution in [3.8, 4) is 0 Å². The lowest BCUT2D eigenvalue weighted by Crippen LogP contribution is -2.07. The van der Waals surface area contributed by atoms with E-state index in [0.717, 1.165) is 16.7 Å². The minimum atomic E-state index is -0.264. The molecule has 0 saturated carbocycles. The second-order valence-electron chi connectivity index (χ2n) is 4.37. The Morgan fingerprint density at radius 3 is 2.44 bits per heavy atom. The molecule has 2 aromatic rings. The smallest absolute Gasteiger partial charge is 0.123 e. The molecule has 0 heterocycles. The zero-order valence-electron chi connectivity index (χ0n) is 10.2. The summed E-state index contributed by atoms with van der Waals surface area (Å²) in [6.45, 7) is 1.96. The number of nitrogens with two attached hydrogens (primary N) is 1. The summed E-state index contributed by atoms with van der Waals surface area (Å²) in [7, 11) is 0. The standard InChI is InChI=1S/C15H15FN2/c1-10-2-7-13(14(17)8-10)15(18)9-11-3-5-12(16)6-4-11/h2-8,18H,9,17H2,1H3. The highest BCUT2D eigenvalue weighted by Gasteiger charge is 2.07. The molecule has 92 valence electrons. The summed E-state index contributed by atoms with van der Waals surface area (Å²) in [5.74, 6) is -0.264. The minimum Gasteiger partial charge on any atom is -0.398 e. The van der Waals surface area contributed by atoms with Crippen LogP contribution < -0.4 is 5.73 Å². The molecule has 0 atom stereocenters. The van der Waals surface area contributed by atoms with Crippen molar-refractivity contribution in [1.29, 1.82) is 5.41 Å². The number of halogens is 1. The van der Waals surface area contributed by atoms with Crippen LogP contribution in [0.2, 0.25) is 0 Å². The number of nitrogen functional groups attached to an aromatic ring is 1. The van der Waals surface area contributed by atoms with Gasteiger partial charge in [-0.1, -0.05) is 24.3 Å². The van der Waals surface area contributed by atoms with Crippen LogP contribution in [0.4, 0.5) is 10.1 Å². The summed E-state index contributed by atoms with van der Waals surface area (Å²) in [4.78, 5) is 0. The molecule has 0 saturated heterocycles. The number of hydrogen-bond acceptors (Lipinski definition) is 2. The highest BCUT2D eigenvalue weighted by molar-refractivity contribution is 6.03. The Kier molecular flexibility index (Phi) is 3.42. The minimum absolute atomic E-state index is 0.264. The zero-order chi connectivity index (χ0) is 13.1. The summed E-state index contributed by atoms with van der Waals surface area (Å²) in [5, 5.41) is 8.06. The second kappa shape index (κ2) is 5.00. The van der Waals surface area contributed by atoms with Crippen molar-refractivity contribution in [3.63, 3.8) is 0 Å². The normalized spacial score (nSPS) is 10.3. The average Bonchev–Trinajstić information content (AvgIpc) is 2.32. The van der Waals surface area contributed by atoms with Gasteiger partial charge in [0, 0.05) is 23.4 Å². The maximum absolute atomic E-state index is 12.8. The number of rotatable bonds is 3. The summed E-state index contributed by atoms with van der Waals surface area (Å²) in [6, 6.07) is 11.8. The molecule has 2 rings (SSSR count). The van der Waals surface area contributed by atoms with Gasteiger partial charge in [0.2, 0.25) is 0 Å². The van der Waals surface area contributed by atoms with Crippen LogP contribution >= 0.6 is 0 Å². The SMILES string of the molecule is Cc1ccc(C(=N)Cc2ccc(F)cc2)c(N)c1. The molecule has 0 bridgehead atoms. The van der Waals surface area contributed by atoms with Gasteiger partial charge in [0.1, 0.15) is 5.82 Å². The molecule has 0 aliphatic rings. The Hall–Kier alpha value is -2.16. The third-order valence-electron chi connectivity index (χ3n) is 2.83. The van der Waals surface area contributed by atoms with Crippen LogP contribution in [0.25, 0.3) is 0 Å². The lowest BCUT2D eigenvalue weighted by atomic mass is 10.00. The van der Waals surface area contributed by atoms with Crippen LogP contribution in [0.15, 0.2) is 42.5 Å². The van der Waals surface area contributed by atoms with Gasteiger partial charge < -0.3 is 11.1 Å². The van der Waals surface area contributed by atoms with Gasteiger partial charge in [-0.25, -0.2) is 4.39 Å². The fourth-order valence-electron chi connectivity index (χ4n) is 1.86. The van der Waals surface area contributed by atoms with Crippen molar-refractivity contribution >= 4 is 11.4 Å².